The van der Waals surface area contributed by atoms with Gasteiger partial charge in [0.2, 0.25) is 12.2 Å². The SMILES string of the molecule is CCO[C@H]1OC(C(=O)NCCCN2CCCC2=O)=C[C@@H](c2c(C)n(C)n(-c3ccccc3)c2=O)[C@H]1CCOCCOCCO. The van der Waals surface area contributed by atoms with E-state index in [1.165, 1.54) is 0 Å². The highest BCUT2D eigenvalue weighted by molar-refractivity contribution is 5.91. The third kappa shape index (κ3) is 8.17. The summed E-state index contributed by atoms with van der Waals surface area (Å²) >= 11 is 0. The monoisotopic (exact) mass is 614 g/mol. The number of hydrogen-bond acceptors (Lipinski definition) is 8. The van der Waals surface area contributed by atoms with Crippen molar-refractivity contribution in [2.24, 2.45) is 13.0 Å². The van der Waals surface area contributed by atoms with Gasteiger partial charge in [0.05, 0.1) is 32.1 Å². The van der Waals surface area contributed by atoms with Gasteiger partial charge in [-0.05, 0) is 51.3 Å². The number of benzene rings is 1. The Hall–Kier alpha value is -3.45. The summed E-state index contributed by atoms with van der Waals surface area (Å²) in [4.78, 5) is 41.2. The molecule has 12 heteroatoms. The predicted octanol–water partition coefficient (Wildman–Crippen LogP) is 2.01. The minimum atomic E-state index is -0.781. The zero-order chi connectivity index (χ0) is 31.5. The molecule has 1 saturated heterocycles. The molecule has 4 rings (SSSR count). The van der Waals surface area contributed by atoms with Gasteiger partial charge in [0.15, 0.2) is 5.76 Å². The Bertz CT molecular complexity index is 1320. The highest BCUT2D eigenvalue weighted by Crippen LogP contribution is 2.39. The maximum Gasteiger partial charge on any atom is 0.286 e. The molecule has 3 atom stereocenters. The molecule has 2 aromatic rings. The lowest BCUT2D eigenvalue weighted by Gasteiger charge is -2.36. The molecule has 2 aliphatic rings. The number of amides is 2. The minimum Gasteiger partial charge on any atom is -0.459 e. The van der Waals surface area contributed by atoms with E-state index >= 15 is 0 Å². The molecule has 1 aromatic carbocycles. The number of carbonyl (C=O) groups excluding carboxylic acids is 2. The first-order chi connectivity index (χ1) is 21.4. The molecule has 12 nitrogen and oxygen atoms in total. The lowest BCUT2D eigenvalue weighted by atomic mass is 9.81. The third-order valence-electron chi connectivity index (χ3n) is 8.14. The van der Waals surface area contributed by atoms with Gasteiger partial charge in [0, 0.05) is 69.4 Å². The van der Waals surface area contributed by atoms with Crippen molar-refractivity contribution in [2.45, 2.75) is 51.7 Å². The highest BCUT2D eigenvalue weighted by Gasteiger charge is 2.41. The summed E-state index contributed by atoms with van der Waals surface area (Å²) < 4.78 is 26.7. The van der Waals surface area contributed by atoms with E-state index in [1.54, 1.807) is 10.8 Å². The van der Waals surface area contributed by atoms with Crippen molar-refractivity contribution in [3.8, 4) is 5.69 Å². The van der Waals surface area contributed by atoms with Crippen LogP contribution in [0.2, 0.25) is 0 Å². The summed E-state index contributed by atoms with van der Waals surface area (Å²) in [5, 5.41) is 11.8. The first-order valence-electron chi connectivity index (χ1n) is 15.5. The van der Waals surface area contributed by atoms with Crippen molar-refractivity contribution in [2.75, 3.05) is 59.3 Å². The quantitative estimate of drug-likeness (QED) is 0.259. The average Bonchev–Trinajstić information content (AvgIpc) is 3.53. The molecule has 0 spiro atoms. The van der Waals surface area contributed by atoms with Crippen LogP contribution in [0.1, 0.15) is 49.8 Å². The molecule has 0 bridgehead atoms. The standard InChI is InChI=1S/C32H46N4O8/c1-4-43-32-25(13-18-41-20-21-42-19-17-37)26(29-23(2)34(3)36(31(29)40)24-10-6-5-7-11-24)22-27(44-32)30(39)33-14-9-16-35-15-8-12-28(35)38/h5-7,10-11,22,25-26,32,37H,4,8-9,12-21H2,1-3H3,(H,33,39)/t25-,26-,32+/m1/s1. The van der Waals surface area contributed by atoms with E-state index in [-0.39, 0.29) is 42.3 Å². The van der Waals surface area contributed by atoms with Gasteiger partial charge in [-0.25, -0.2) is 4.68 Å². The van der Waals surface area contributed by atoms with Crippen molar-refractivity contribution in [3.63, 3.8) is 0 Å². The van der Waals surface area contributed by atoms with Crippen LogP contribution in [0.3, 0.4) is 0 Å². The number of aromatic nitrogens is 2. The van der Waals surface area contributed by atoms with Crippen LogP contribution in [0.5, 0.6) is 0 Å². The van der Waals surface area contributed by atoms with Crippen LogP contribution in [0, 0.1) is 12.8 Å². The number of nitrogens with one attached hydrogen (secondary N) is 1. The van der Waals surface area contributed by atoms with E-state index in [9.17, 15) is 14.4 Å². The molecule has 1 aromatic heterocycles. The molecule has 0 saturated carbocycles. The predicted molar refractivity (Wildman–Crippen MR) is 163 cm³/mol. The van der Waals surface area contributed by atoms with Crippen molar-refractivity contribution in [1.82, 2.24) is 19.6 Å². The molecule has 0 aliphatic carbocycles. The normalized spacial score (nSPS) is 20.1. The van der Waals surface area contributed by atoms with Gasteiger partial charge in [0.1, 0.15) is 0 Å². The fourth-order valence-electron chi connectivity index (χ4n) is 5.85. The van der Waals surface area contributed by atoms with E-state index < -0.39 is 12.2 Å². The number of allylic oxidation sites excluding steroid dienone is 1. The van der Waals surface area contributed by atoms with E-state index in [0.717, 1.165) is 24.3 Å². The Labute approximate surface area is 258 Å². The summed E-state index contributed by atoms with van der Waals surface area (Å²) in [5.41, 5.74) is 1.91. The Morgan fingerprint density at radius 2 is 1.86 bits per heavy atom. The zero-order valence-corrected chi connectivity index (χ0v) is 26.0. The van der Waals surface area contributed by atoms with Crippen LogP contribution in [0.4, 0.5) is 0 Å². The topological polar surface area (TPSA) is 133 Å². The smallest absolute Gasteiger partial charge is 0.286 e. The number of ether oxygens (including phenoxy) is 4. The molecule has 1 fully saturated rings. The van der Waals surface area contributed by atoms with Gasteiger partial charge >= 0.3 is 0 Å². The first-order valence-corrected chi connectivity index (χ1v) is 15.5. The Morgan fingerprint density at radius 3 is 2.55 bits per heavy atom. The van der Waals surface area contributed by atoms with Crippen LogP contribution in [0.25, 0.3) is 5.69 Å². The summed E-state index contributed by atoms with van der Waals surface area (Å²) in [5.74, 6) is -0.927. The fraction of sp³-hybridized carbons (Fsp3) is 0.594. The molecular weight excluding hydrogens is 568 g/mol. The number of para-hydroxylation sites is 1. The molecule has 0 unspecified atom stereocenters. The summed E-state index contributed by atoms with van der Waals surface area (Å²) in [6.07, 6.45) is 3.55. The Morgan fingerprint density at radius 1 is 1.11 bits per heavy atom. The van der Waals surface area contributed by atoms with Gasteiger partial charge in [-0.3, -0.25) is 19.1 Å². The third-order valence-corrected chi connectivity index (χ3v) is 8.14. The second-order valence-corrected chi connectivity index (χ2v) is 11.0. The highest BCUT2D eigenvalue weighted by atomic mass is 16.7. The van der Waals surface area contributed by atoms with Crippen molar-refractivity contribution in [1.29, 1.82) is 0 Å². The first kappa shape index (κ1) is 33.4. The molecule has 44 heavy (non-hydrogen) atoms. The van der Waals surface area contributed by atoms with E-state index in [2.05, 4.69) is 5.32 Å². The molecule has 2 N–H and O–H groups in total. The number of rotatable bonds is 17. The Balaban J connectivity index is 1.58. The number of hydrogen-bond donors (Lipinski definition) is 2. The van der Waals surface area contributed by atoms with Gasteiger partial charge in [0.25, 0.3) is 11.5 Å². The van der Waals surface area contributed by atoms with Crippen LogP contribution in [-0.2, 0) is 35.6 Å². The van der Waals surface area contributed by atoms with Crippen LogP contribution >= 0.6 is 0 Å². The average molecular weight is 615 g/mol. The molecule has 2 amide bonds. The lowest BCUT2D eigenvalue weighted by Crippen LogP contribution is -2.41. The van der Waals surface area contributed by atoms with Gasteiger partial charge in [-0.15, -0.1) is 0 Å². The fourth-order valence-corrected chi connectivity index (χ4v) is 5.85. The largest absolute Gasteiger partial charge is 0.459 e. The zero-order valence-electron chi connectivity index (χ0n) is 26.0. The van der Waals surface area contributed by atoms with Gasteiger partial charge in [-0.2, -0.15) is 0 Å². The molecular formula is C32H46N4O8. The molecule has 242 valence electrons. The maximum absolute atomic E-state index is 14.1. The summed E-state index contributed by atoms with van der Waals surface area (Å²) in [6.45, 7) is 7.13. The number of carbonyl (C=O) groups is 2. The van der Waals surface area contributed by atoms with E-state index in [0.29, 0.717) is 64.3 Å². The minimum absolute atomic E-state index is 0.0472. The van der Waals surface area contributed by atoms with Crippen molar-refractivity contribution in [3.05, 3.63) is 63.8 Å². The summed E-state index contributed by atoms with van der Waals surface area (Å²) in [6, 6.07) is 9.43. The maximum atomic E-state index is 14.1. The lowest BCUT2D eigenvalue weighted by molar-refractivity contribution is -0.168. The molecule has 2 aliphatic heterocycles. The number of likely N-dealkylation sites (tertiary alicyclic amines) is 1. The second-order valence-electron chi connectivity index (χ2n) is 11.0. The van der Waals surface area contributed by atoms with Gasteiger partial charge in [-0.1, -0.05) is 18.2 Å². The Kier molecular flexibility index (Phi) is 12.6. The van der Waals surface area contributed by atoms with E-state index in [4.69, 9.17) is 24.1 Å². The number of aliphatic hydroxyl groups is 1. The molecule has 0 radical (unpaired) electrons. The van der Waals surface area contributed by atoms with Crippen LogP contribution < -0.4 is 10.9 Å². The van der Waals surface area contributed by atoms with E-state index in [1.807, 2.05) is 60.8 Å². The van der Waals surface area contributed by atoms with Crippen LogP contribution in [-0.4, -0.2) is 96.7 Å². The second kappa shape index (κ2) is 16.6. The number of nitrogens with zero attached hydrogens (tertiary/aromatic N) is 3. The van der Waals surface area contributed by atoms with Crippen molar-refractivity contribution >= 4 is 11.8 Å². The van der Waals surface area contributed by atoms with Crippen molar-refractivity contribution < 1.29 is 33.6 Å². The number of aliphatic hydroxyl groups excluding tert-OH is 1. The summed E-state index contributed by atoms with van der Waals surface area (Å²) in [7, 11) is 1.85. The van der Waals surface area contributed by atoms with Crippen LogP contribution in [0.15, 0.2) is 47.0 Å². The molecule has 3 heterocycles. The van der Waals surface area contributed by atoms with Gasteiger partial charge < -0.3 is 34.3 Å².